The normalized spacial score (nSPS) is 16.4. The lowest BCUT2D eigenvalue weighted by atomic mass is 10.00. The number of allylic oxidation sites excluding steroid dienone is 1. The van der Waals surface area contributed by atoms with E-state index in [1.165, 1.54) is 5.56 Å². The minimum absolute atomic E-state index is 0.0909. The van der Waals surface area contributed by atoms with Gasteiger partial charge in [-0.3, -0.25) is 9.59 Å². The van der Waals surface area contributed by atoms with Gasteiger partial charge in [0.25, 0.3) is 0 Å². The molecule has 1 aromatic heterocycles. The third-order valence-electron chi connectivity index (χ3n) is 6.92. The van der Waals surface area contributed by atoms with E-state index in [-0.39, 0.29) is 24.2 Å². The molecule has 0 bridgehead atoms. The summed E-state index contributed by atoms with van der Waals surface area (Å²) < 4.78 is 1.90. The predicted molar refractivity (Wildman–Crippen MR) is 150 cm³/mol. The third-order valence-corrected chi connectivity index (χ3v) is 6.92. The standard InChI is InChI=1S/C31H38N4O2/c1-5-22(4)13-15-24-9-7-11-27(17-24)35-28(25-10-6-8-23(16-25)14-12-21(2)3)19-29(34-35)33-31(37)26-18-30(36)32-20-26/h6-11,13,15-17,19,21-22,26H,5,12,14,18,20H2,1-4H3,(H,32,36)(H,33,34,37)/b15-13+/t22?,26-/m0/s1. The van der Waals surface area contributed by atoms with Crippen LogP contribution in [-0.2, 0) is 16.0 Å². The van der Waals surface area contributed by atoms with Crippen LogP contribution in [0.3, 0.4) is 0 Å². The number of amides is 2. The molecule has 1 aliphatic heterocycles. The van der Waals surface area contributed by atoms with Crippen molar-refractivity contribution in [3.63, 3.8) is 0 Å². The van der Waals surface area contributed by atoms with Gasteiger partial charge in [-0.2, -0.15) is 0 Å². The summed E-state index contributed by atoms with van der Waals surface area (Å²) in [6, 6.07) is 18.7. The number of aromatic nitrogens is 2. The molecular weight excluding hydrogens is 460 g/mol. The average molecular weight is 499 g/mol. The van der Waals surface area contributed by atoms with E-state index in [2.05, 4.69) is 86.9 Å². The molecule has 0 aliphatic carbocycles. The summed E-state index contributed by atoms with van der Waals surface area (Å²) >= 11 is 0. The average Bonchev–Trinajstić information content (AvgIpc) is 3.53. The molecular formula is C31H38N4O2. The summed E-state index contributed by atoms with van der Waals surface area (Å²) in [6.45, 7) is 9.24. The maximum absolute atomic E-state index is 12.8. The number of rotatable bonds is 10. The first kappa shape index (κ1) is 26.4. The largest absolute Gasteiger partial charge is 0.355 e. The van der Waals surface area contributed by atoms with Gasteiger partial charge in [-0.25, -0.2) is 4.68 Å². The first-order chi connectivity index (χ1) is 17.8. The van der Waals surface area contributed by atoms with E-state index in [0.29, 0.717) is 24.2 Å². The van der Waals surface area contributed by atoms with E-state index in [4.69, 9.17) is 5.10 Å². The predicted octanol–water partition coefficient (Wildman–Crippen LogP) is 6.26. The molecule has 194 valence electrons. The first-order valence-electron chi connectivity index (χ1n) is 13.4. The number of hydrogen-bond donors (Lipinski definition) is 2. The lowest BCUT2D eigenvalue weighted by Crippen LogP contribution is -2.24. The Hall–Kier alpha value is -3.67. The molecule has 6 heteroatoms. The number of aryl methyl sites for hydroxylation is 1. The molecule has 2 heterocycles. The van der Waals surface area contributed by atoms with Crippen LogP contribution in [0.4, 0.5) is 5.82 Å². The number of hydrogen-bond acceptors (Lipinski definition) is 3. The van der Waals surface area contributed by atoms with Crippen molar-refractivity contribution < 1.29 is 9.59 Å². The zero-order valence-electron chi connectivity index (χ0n) is 22.3. The fourth-order valence-corrected chi connectivity index (χ4v) is 4.38. The Morgan fingerprint density at radius 3 is 2.70 bits per heavy atom. The summed E-state index contributed by atoms with van der Waals surface area (Å²) in [5.41, 5.74) is 5.27. The third kappa shape index (κ3) is 6.97. The molecule has 6 nitrogen and oxygen atoms in total. The maximum atomic E-state index is 12.8. The summed E-state index contributed by atoms with van der Waals surface area (Å²) in [4.78, 5) is 24.4. The second-order valence-electron chi connectivity index (χ2n) is 10.5. The molecule has 1 aliphatic rings. The van der Waals surface area contributed by atoms with E-state index in [1.807, 2.05) is 22.9 Å². The van der Waals surface area contributed by atoms with Crippen LogP contribution >= 0.6 is 0 Å². The highest BCUT2D eigenvalue weighted by Gasteiger charge is 2.28. The Bertz CT molecular complexity index is 1270. The van der Waals surface area contributed by atoms with Crippen molar-refractivity contribution in [2.24, 2.45) is 17.8 Å². The summed E-state index contributed by atoms with van der Waals surface area (Å²) in [7, 11) is 0. The number of nitrogens with one attached hydrogen (secondary N) is 2. The van der Waals surface area contributed by atoms with Crippen LogP contribution in [0, 0.1) is 17.8 Å². The van der Waals surface area contributed by atoms with Crippen molar-refractivity contribution in [3.8, 4) is 16.9 Å². The summed E-state index contributed by atoms with van der Waals surface area (Å²) in [5, 5.41) is 10.5. The summed E-state index contributed by atoms with van der Waals surface area (Å²) in [5.74, 6) is 0.967. The smallest absolute Gasteiger partial charge is 0.230 e. The van der Waals surface area contributed by atoms with Crippen LogP contribution in [0.5, 0.6) is 0 Å². The van der Waals surface area contributed by atoms with Gasteiger partial charge < -0.3 is 10.6 Å². The van der Waals surface area contributed by atoms with Crippen molar-refractivity contribution in [1.29, 1.82) is 0 Å². The molecule has 0 spiro atoms. The Morgan fingerprint density at radius 1 is 1.16 bits per heavy atom. The molecule has 3 aromatic rings. The lowest BCUT2D eigenvalue weighted by Gasteiger charge is -2.11. The number of carbonyl (C=O) groups excluding carboxylic acids is 2. The zero-order chi connectivity index (χ0) is 26.4. The van der Waals surface area contributed by atoms with Gasteiger partial charge in [0.05, 0.1) is 17.3 Å². The Balaban J connectivity index is 1.69. The van der Waals surface area contributed by atoms with Gasteiger partial charge in [0.15, 0.2) is 5.82 Å². The second kappa shape index (κ2) is 12.0. The van der Waals surface area contributed by atoms with Crippen molar-refractivity contribution in [2.45, 2.75) is 53.4 Å². The van der Waals surface area contributed by atoms with Crippen LogP contribution in [0.1, 0.15) is 58.1 Å². The van der Waals surface area contributed by atoms with Gasteiger partial charge in [-0.1, -0.05) is 76.6 Å². The molecule has 1 fully saturated rings. The van der Waals surface area contributed by atoms with Crippen molar-refractivity contribution in [3.05, 3.63) is 71.8 Å². The Labute approximate surface area is 220 Å². The molecule has 37 heavy (non-hydrogen) atoms. The van der Waals surface area contributed by atoms with E-state index >= 15 is 0 Å². The van der Waals surface area contributed by atoms with Gasteiger partial charge in [0, 0.05) is 24.6 Å². The molecule has 4 rings (SSSR count). The molecule has 2 amide bonds. The Morgan fingerprint density at radius 2 is 1.97 bits per heavy atom. The fraction of sp³-hybridized carbons (Fsp3) is 0.387. The molecule has 0 radical (unpaired) electrons. The lowest BCUT2D eigenvalue weighted by molar-refractivity contribution is -0.123. The topological polar surface area (TPSA) is 76.0 Å². The van der Waals surface area contributed by atoms with Gasteiger partial charge in [-0.05, 0) is 54.0 Å². The molecule has 1 unspecified atom stereocenters. The summed E-state index contributed by atoms with van der Waals surface area (Å²) in [6.07, 6.45) is 7.83. The molecule has 2 atom stereocenters. The molecule has 2 N–H and O–H groups in total. The highest BCUT2D eigenvalue weighted by Crippen LogP contribution is 2.28. The van der Waals surface area contributed by atoms with Crippen LogP contribution in [0.15, 0.2) is 60.7 Å². The van der Waals surface area contributed by atoms with E-state index < -0.39 is 0 Å². The van der Waals surface area contributed by atoms with Crippen molar-refractivity contribution >= 4 is 23.7 Å². The number of benzene rings is 2. The van der Waals surface area contributed by atoms with Crippen LogP contribution in [-0.4, -0.2) is 28.1 Å². The first-order valence-corrected chi connectivity index (χ1v) is 13.4. The van der Waals surface area contributed by atoms with E-state index in [1.54, 1.807) is 0 Å². The van der Waals surface area contributed by atoms with Gasteiger partial charge in [0.1, 0.15) is 0 Å². The van der Waals surface area contributed by atoms with Crippen molar-refractivity contribution in [2.75, 3.05) is 11.9 Å². The SMILES string of the molecule is CCC(C)/C=C/c1cccc(-n2nc(NC(=O)[C@@H]3CNC(=O)C3)cc2-c2cccc(CCC(C)C)c2)c1. The van der Waals surface area contributed by atoms with Crippen LogP contribution < -0.4 is 10.6 Å². The maximum Gasteiger partial charge on any atom is 0.230 e. The van der Waals surface area contributed by atoms with Crippen LogP contribution in [0.25, 0.3) is 23.0 Å². The highest BCUT2D eigenvalue weighted by atomic mass is 16.2. The number of carbonyl (C=O) groups is 2. The minimum atomic E-state index is -0.380. The van der Waals surface area contributed by atoms with Gasteiger partial charge >= 0.3 is 0 Å². The minimum Gasteiger partial charge on any atom is -0.355 e. The van der Waals surface area contributed by atoms with Crippen molar-refractivity contribution in [1.82, 2.24) is 15.1 Å². The van der Waals surface area contributed by atoms with Gasteiger partial charge in [0.2, 0.25) is 11.8 Å². The van der Waals surface area contributed by atoms with Gasteiger partial charge in [-0.15, -0.1) is 5.10 Å². The highest BCUT2D eigenvalue weighted by molar-refractivity contribution is 5.97. The van der Waals surface area contributed by atoms with Crippen LogP contribution in [0.2, 0.25) is 0 Å². The zero-order valence-corrected chi connectivity index (χ0v) is 22.3. The number of anilines is 1. The molecule has 2 aromatic carbocycles. The van der Waals surface area contributed by atoms with E-state index in [9.17, 15) is 9.59 Å². The Kier molecular flexibility index (Phi) is 8.59. The van der Waals surface area contributed by atoms with E-state index in [0.717, 1.165) is 41.8 Å². The number of nitrogens with zero attached hydrogens (tertiary/aromatic N) is 2. The second-order valence-corrected chi connectivity index (χ2v) is 10.5. The molecule has 1 saturated heterocycles. The molecule has 0 saturated carbocycles. The monoisotopic (exact) mass is 498 g/mol. The quantitative estimate of drug-likeness (QED) is 0.346. The fourth-order valence-electron chi connectivity index (χ4n) is 4.38.